The minimum Gasteiger partial charge on any atom is -0.392 e. The van der Waals surface area contributed by atoms with Crippen molar-refractivity contribution >= 4 is 29.2 Å². The minimum absolute atomic E-state index is 0.0224. The van der Waals surface area contributed by atoms with E-state index in [0.29, 0.717) is 24.8 Å². The van der Waals surface area contributed by atoms with E-state index < -0.39 is 6.29 Å². The molecule has 1 aliphatic rings. The van der Waals surface area contributed by atoms with Gasteiger partial charge in [-0.1, -0.05) is 127 Å². The van der Waals surface area contributed by atoms with Gasteiger partial charge in [-0.2, -0.15) is 0 Å². The third-order valence-corrected chi connectivity index (χ3v) is 9.19. The van der Waals surface area contributed by atoms with Crippen LogP contribution in [0.25, 0.3) is 11.1 Å². The number of nitrogens with zero attached hydrogens (tertiary/aromatic N) is 2. The number of hydrogen-bond acceptors (Lipinski definition) is 5. The summed E-state index contributed by atoms with van der Waals surface area (Å²) in [5, 5.41) is 16.0. The third kappa shape index (κ3) is 8.04. The van der Waals surface area contributed by atoms with Crippen LogP contribution < -0.4 is 10.6 Å². The molecule has 0 saturated carbocycles. The van der Waals surface area contributed by atoms with Gasteiger partial charge in [-0.25, -0.2) is 9.78 Å². The number of carbonyl (C=O) groups excluding carboxylic acids is 1. The molecule has 4 aromatic carbocycles. The molecule has 0 aliphatic carbocycles. The highest BCUT2D eigenvalue weighted by molar-refractivity contribution is 6.40. The first-order valence-electron chi connectivity index (χ1n) is 15.5. The maximum atomic E-state index is 12.4. The summed E-state index contributed by atoms with van der Waals surface area (Å²) in [5.74, 6) is -0.0282. The molecule has 3 N–H and O–H groups in total. The second kappa shape index (κ2) is 15.2. The number of ether oxygens (including phenoxy) is 2. The summed E-state index contributed by atoms with van der Waals surface area (Å²) >= 11 is 12.5. The Hall–Kier alpha value is -4.18. The van der Waals surface area contributed by atoms with Crippen molar-refractivity contribution in [2.24, 2.45) is 5.92 Å². The van der Waals surface area contributed by atoms with Crippen molar-refractivity contribution in [3.8, 4) is 11.1 Å². The molecule has 242 valence electrons. The molecule has 2 amide bonds. The third-order valence-electron chi connectivity index (χ3n) is 8.43. The van der Waals surface area contributed by atoms with Crippen LogP contribution >= 0.6 is 23.2 Å². The molecule has 2 heterocycles. The van der Waals surface area contributed by atoms with Crippen LogP contribution in [0.4, 0.5) is 4.79 Å². The minimum atomic E-state index is -0.629. The second-order valence-corrected chi connectivity index (χ2v) is 12.4. The predicted molar refractivity (Wildman–Crippen MR) is 183 cm³/mol. The summed E-state index contributed by atoms with van der Waals surface area (Å²) in [6.07, 6.45) is 0.465. The number of amides is 2. The fourth-order valence-electron chi connectivity index (χ4n) is 5.71. The molecule has 10 heteroatoms. The van der Waals surface area contributed by atoms with E-state index >= 15 is 0 Å². The first-order chi connectivity index (χ1) is 22.9. The lowest BCUT2D eigenvalue weighted by atomic mass is 9.90. The predicted octanol–water partition coefficient (Wildman–Crippen LogP) is 7.84. The molecule has 0 spiro atoms. The molecule has 0 unspecified atom stereocenters. The monoisotopic (exact) mass is 670 g/mol. The van der Waals surface area contributed by atoms with Gasteiger partial charge in [0, 0.05) is 24.6 Å². The van der Waals surface area contributed by atoms with Gasteiger partial charge < -0.3 is 29.8 Å². The van der Waals surface area contributed by atoms with Gasteiger partial charge in [-0.05, 0) is 39.4 Å². The molecule has 5 aromatic rings. The number of hydrogen-bond donors (Lipinski definition) is 3. The highest BCUT2D eigenvalue weighted by atomic mass is 35.5. The molecular formula is C37H36Cl2N4O4. The number of aromatic nitrogens is 2. The SMILES string of the molecule is C[C@@H]1[C@H](Cn2cnc(Cl)c2Cl)O[C@H](c2ccc(-c3cccc(CNC(=O)NCc4ccccc4)c3)cc2)O[C@@H]1c1ccc(CO)cc1. The number of halogens is 2. The quantitative estimate of drug-likeness (QED) is 0.141. The maximum absolute atomic E-state index is 12.4. The van der Waals surface area contributed by atoms with Crippen LogP contribution in [-0.2, 0) is 35.7 Å². The Labute approximate surface area is 284 Å². The molecule has 0 bridgehead atoms. The van der Waals surface area contributed by atoms with Crippen molar-refractivity contribution in [2.75, 3.05) is 0 Å². The number of urea groups is 1. The summed E-state index contributed by atoms with van der Waals surface area (Å²) < 4.78 is 14.9. The number of rotatable bonds is 10. The zero-order chi connectivity index (χ0) is 32.8. The molecule has 1 fully saturated rings. The first-order valence-corrected chi connectivity index (χ1v) is 16.2. The van der Waals surface area contributed by atoms with E-state index in [1.807, 2.05) is 97.1 Å². The number of aliphatic hydroxyl groups excluding tert-OH is 1. The van der Waals surface area contributed by atoms with Gasteiger partial charge in [0.15, 0.2) is 11.4 Å². The maximum Gasteiger partial charge on any atom is 0.315 e. The highest BCUT2D eigenvalue weighted by Gasteiger charge is 2.38. The Bertz CT molecular complexity index is 1780. The number of imidazole rings is 1. The Morgan fingerprint density at radius 1 is 0.809 bits per heavy atom. The second-order valence-electron chi connectivity index (χ2n) is 11.6. The number of nitrogens with one attached hydrogen (secondary N) is 2. The summed E-state index contributed by atoms with van der Waals surface area (Å²) in [6, 6.07) is 33.6. The Balaban J connectivity index is 1.15. The zero-order valence-corrected chi connectivity index (χ0v) is 27.4. The van der Waals surface area contributed by atoms with Gasteiger partial charge in [0.25, 0.3) is 0 Å². The van der Waals surface area contributed by atoms with Crippen LogP contribution in [0.5, 0.6) is 0 Å². The zero-order valence-electron chi connectivity index (χ0n) is 25.9. The lowest BCUT2D eigenvalue weighted by Gasteiger charge is -2.41. The van der Waals surface area contributed by atoms with E-state index in [2.05, 4.69) is 28.6 Å². The van der Waals surface area contributed by atoms with Crippen molar-refractivity contribution in [1.82, 2.24) is 20.2 Å². The molecule has 0 radical (unpaired) electrons. The Morgan fingerprint density at radius 2 is 1.49 bits per heavy atom. The van der Waals surface area contributed by atoms with Crippen LogP contribution in [0.1, 0.15) is 47.1 Å². The van der Waals surface area contributed by atoms with E-state index in [4.69, 9.17) is 32.7 Å². The summed E-state index contributed by atoms with van der Waals surface area (Å²) in [5.41, 5.74) is 6.81. The lowest BCUT2D eigenvalue weighted by molar-refractivity contribution is -0.276. The number of carbonyl (C=O) groups is 1. The van der Waals surface area contributed by atoms with E-state index in [-0.39, 0.29) is 35.9 Å². The van der Waals surface area contributed by atoms with Crippen LogP contribution in [0.2, 0.25) is 10.3 Å². The standard InChI is InChI=1S/C37H36Cl2N4O4/c1-24-32(21-43-23-42-34(38)35(43)39)46-36(47-33(24)29-12-10-26(22-44)11-13-29)30-16-14-28(15-17-30)31-9-5-8-27(18-31)20-41-37(45)40-19-25-6-3-2-4-7-25/h2-18,23-24,32-33,36,44H,19-22H2,1H3,(H2,40,41,45)/t24-,32+,33+,36+/m1/s1. The fraction of sp³-hybridized carbons (Fsp3) is 0.243. The van der Waals surface area contributed by atoms with Gasteiger partial charge in [0.05, 0.1) is 31.7 Å². The van der Waals surface area contributed by atoms with E-state index in [1.165, 1.54) is 0 Å². The molecule has 8 nitrogen and oxygen atoms in total. The molecule has 4 atom stereocenters. The van der Waals surface area contributed by atoms with Gasteiger partial charge in [0.2, 0.25) is 0 Å². The normalized spacial score (nSPS) is 19.3. The van der Waals surface area contributed by atoms with Crippen LogP contribution in [0.15, 0.2) is 109 Å². The first kappa shape index (κ1) is 32.7. The van der Waals surface area contributed by atoms with Gasteiger partial charge in [-0.15, -0.1) is 0 Å². The van der Waals surface area contributed by atoms with E-state index in [0.717, 1.165) is 38.9 Å². The summed E-state index contributed by atoms with van der Waals surface area (Å²) in [6.45, 7) is 3.40. The molecule has 47 heavy (non-hydrogen) atoms. The van der Waals surface area contributed by atoms with Crippen LogP contribution in [0, 0.1) is 5.92 Å². The smallest absolute Gasteiger partial charge is 0.315 e. The average Bonchev–Trinajstić information content (AvgIpc) is 3.43. The van der Waals surface area contributed by atoms with Crippen molar-refractivity contribution in [1.29, 1.82) is 0 Å². The fourth-order valence-corrected chi connectivity index (χ4v) is 6.02. The van der Waals surface area contributed by atoms with Crippen LogP contribution in [-0.4, -0.2) is 26.8 Å². The van der Waals surface area contributed by atoms with Crippen molar-refractivity contribution in [3.05, 3.63) is 148 Å². The molecule has 1 saturated heterocycles. The van der Waals surface area contributed by atoms with Gasteiger partial charge in [-0.3, -0.25) is 0 Å². The molecule has 1 aromatic heterocycles. The summed E-state index contributed by atoms with van der Waals surface area (Å²) in [7, 11) is 0. The Morgan fingerprint density at radius 3 is 2.17 bits per heavy atom. The van der Waals surface area contributed by atoms with Crippen molar-refractivity contribution in [3.63, 3.8) is 0 Å². The van der Waals surface area contributed by atoms with Crippen molar-refractivity contribution in [2.45, 2.75) is 51.7 Å². The topological polar surface area (TPSA) is 97.6 Å². The van der Waals surface area contributed by atoms with Gasteiger partial charge in [0.1, 0.15) is 5.15 Å². The lowest BCUT2D eigenvalue weighted by Crippen LogP contribution is -2.39. The average molecular weight is 672 g/mol. The molecule has 1 aliphatic heterocycles. The van der Waals surface area contributed by atoms with E-state index in [1.54, 1.807) is 10.9 Å². The molecular weight excluding hydrogens is 635 g/mol. The Kier molecular flexibility index (Phi) is 10.6. The highest BCUT2D eigenvalue weighted by Crippen LogP contribution is 2.42. The molecule has 6 rings (SSSR count). The van der Waals surface area contributed by atoms with E-state index in [9.17, 15) is 9.90 Å². The number of aliphatic hydroxyl groups is 1. The van der Waals surface area contributed by atoms with Gasteiger partial charge >= 0.3 is 6.03 Å². The summed E-state index contributed by atoms with van der Waals surface area (Å²) in [4.78, 5) is 16.5. The number of benzene rings is 4. The largest absolute Gasteiger partial charge is 0.392 e. The van der Waals surface area contributed by atoms with Crippen LogP contribution in [0.3, 0.4) is 0 Å². The van der Waals surface area contributed by atoms with Crippen molar-refractivity contribution < 1.29 is 19.4 Å².